The quantitative estimate of drug-likeness (QED) is 0.739. The van der Waals surface area contributed by atoms with E-state index in [0.717, 1.165) is 0 Å². The van der Waals surface area contributed by atoms with Crippen LogP contribution in [0, 0.1) is 0 Å². The number of carbonyl (C=O) groups is 1. The third kappa shape index (κ3) is 2.72. The number of halogens is 1. The zero-order valence-electron chi connectivity index (χ0n) is 8.66. The summed E-state index contributed by atoms with van der Waals surface area (Å²) in [4.78, 5) is 11.6. The van der Waals surface area contributed by atoms with Crippen molar-refractivity contribution >= 4 is 23.2 Å². The molecule has 1 aliphatic rings. The van der Waals surface area contributed by atoms with Crippen LogP contribution in [0.2, 0.25) is 5.02 Å². The Morgan fingerprint density at radius 2 is 2.31 bits per heavy atom. The maximum Gasteiger partial charge on any atom is 0.227 e. The summed E-state index contributed by atoms with van der Waals surface area (Å²) < 4.78 is 0. The number of hydrogen-bond acceptors (Lipinski definition) is 3. The van der Waals surface area contributed by atoms with Gasteiger partial charge in [0.25, 0.3) is 0 Å². The summed E-state index contributed by atoms with van der Waals surface area (Å²) in [7, 11) is 0. The van der Waals surface area contributed by atoms with E-state index >= 15 is 0 Å². The van der Waals surface area contributed by atoms with Gasteiger partial charge in [0.15, 0.2) is 0 Å². The minimum atomic E-state index is -0.886. The summed E-state index contributed by atoms with van der Waals surface area (Å²) >= 11 is 5.79. The number of nitrogens with one attached hydrogen (secondary N) is 2. The van der Waals surface area contributed by atoms with Crippen molar-refractivity contribution in [3.63, 3.8) is 0 Å². The first-order chi connectivity index (χ1) is 7.57. The molecule has 0 atom stereocenters. The summed E-state index contributed by atoms with van der Waals surface area (Å²) in [6.45, 7) is 0.936. The molecule has 1 fully saturated rings. The van der Waals surface area contributed by atoms with Crippen LogP contribution in [0.5, 0.6) is 0 Å². The highest BCUT2D eigenvalue weighted by molar-refractivity contribution is 6.30. The number of amides is 1. The normalized spacial score (nSPS) is 17.6. The highest BCUT2D eigenvalue weighted by Gasteiger charge is 2.36. The molecule has 0 spiro atoms. The van der Waals surface area contributed by atoms with E-state index in [-0.39, 0.29) is 12.3 Å². The van der Waals surface area contributed by atoms with Crippen molar-refractivity contribution in [3.05, 3.63) is 29.3 Å². The summed E-state index contributed by atoms with van der Waals surface area (Å²) in [6, 6.07) is 6.92. The monoisotopic (exact) mass is 240 g/mol. The van der Waals surface area contributed by atoms with E-state index in [1.807, 2.05) is 0 Å². The van der Waals surface area contributed by atoms with Crippen LogP contribution in [-0.2, 0) is 4.79 Å². The fourth-order valence-electron chi connectivity index (χ4n) is 1.61. The maximum absolute atomic E-state index is 11.6. The smallest absolute Gasteiger partial charge is 0.227 e. The first kappa shape index (κ1) is 11.4. The molecule has 1 amide bonds. The molecular formula is C11H13ClN2O2. The Balaban J connectivity index is 1.92. The highest BCUT2D eigenvalue weighted by atomic mass is 35.5. The number of β-amino-alcohol motifs (C(OH)–C–C–N with tert-alkyl or cyclic N) is 1. The lowest BCUT2D eigenvalue weighted by atomic mass is 9.93. The van der Waals surface area contributed by atoms with Crippen LogP contribution in [-0.4, -0.2) is 29.7 Å². The zero-order valence-corrected chi connectivity index (χ0v) is 9.42. The molecule has 1 saturated heterocycles. The number of hydrogen-bond donors (Lipinski definition) is 3. The second-order valence-electron chi connectivity index (χ2n) is 4.06. The Morgan fingerprint density at radius 1 is 1.56 bits per heavy atom. The first-order valence-electron chi connectivity index (χ1n) is 5.06. The molecule has 0 radical (unpaired) electrons. The molecule has 0 aromatic heterocycles. The van der Waals surface area contributed by atoms with Gasteiger partial charge in [-0.05, 0) is 18.2 Å². The van der Waals surface area contributed by atoms with Gasteiger partial charge in [0.1, 0.15) is 0 Å². The van der Waals surface area contributed by atoms with Gasteiger partial charge in [-0.2, -0.15) is 0 Å². The average molecular weight is 241 g/mol. The van der Waals surface area contributed by atoms with Crippen LogP contribution in [0.1, 0.15) is 6.42 Å². The molecule has 86 valence electrons. The van der Waals surface area contributed by atoms with Crippen LogP contribution in [0.3, 0.4) is 0 Å². The third-order valence-corrected chi connectivity index (χ3v) is 2.74. The van der Waals surface area contributed by atoms with Crippen molar-refractivity contribution in [2.45, 2.75) is 12.0 Å². The number of aliphatic hydroxyl groups is 1. The number of rotatable bonds is 3. The van der Waals surface area contributed by atoms with E-state index in [0.29, 0.717) is 23.8 Å². The number of anilines is 1. The van der Waals surface area contributed by atoms with Gasteiger partial charge >= 0.3 is 0 Å². The average Bonchev–Trinajstić information content (AvgIpc) is 2.15. The summed E-state index contributed by atoms with van der Waals surface area (Å²) in [5, 5.41) is 16.0. The van der Waals surface area contributed by atoms with Crippen molar-refractivity contribution in [2.24, 2.45) is 0 Å². The highest BCUT2D eigenvalue weighted by Crippen LogP contribution is 2.18. The zero-order chi connectivity index (χ0) is 11.6. The molecule has 1 heterocycles. The lowest BCUT2D eigenvalue weighted by Crippen LogP contribution is -2.60. The predicted octanol–water partition coefficient (Wildman–Crippen LogP) is 1.00. The van der Waals surface area contributed by atoms with Crippen molar-refractivity contribution in [2.75, 3.05) is 18.4 Å². The summed E-state index contributed by atoms with van der Waals surface area (Å²) in [5.41, 5.74) is -0.240. The molecule has 0 unspecified atom stereocenters. The van der Waals surface area contributed by atoms with Crippen LogP contribution >= 0.6 is 11.6 Å². The Morgan fingerprint density at radius 3 is 2.88 bits per heavy atom. The predicted molar refractivity (Wildman–Crippen MR) is 62.5 cm³/mol. The van der Waals surface area contributed by atoms with Gasteiger partial charge in [-0.25, -0.2) is 0 Å². The Hall–Kier alpha value is -1.10. The molecule has 3 N–H and O–H groups in total. The Bertz CT molecular complexity index is 405. The fourth-order valence-corrected chi connectivity index (χ4v) is 1.80. The van der Waals surface area contributed by atoms with Crippen molar-refractivity contribution in [1.29, 1.82) is 0 Å². The first-order valence-corrected chi connectivity index (χ1v) is 5.44. The molecule has 1 aliphatic heterocycles. The van der Waals surface area contributed by atoms with Crippen LogP contribution < -0.4 is 10.6 Å². The Labute approximate surface area is 98.6 Å². The van der Waals surface area contributed by atoms with Gasteiger partial charge in [-0.3, -0.25) is 4.79 Å². The fraction of sp³-hybridized carbons (Fsp3) is 0.364. The minimum absolute atomic E-state index is 0.104. The van der Waals surface area contributed by atoms with E-state index in [9.17, 15) is 9.90 Å². The summed E-state index contributed by atoms with van der Waals surface area (Å²) in [5.74, 6) is -0.203. The maximum atomic E-state index is 11.6. The van der Waals surface area contributed by atoms with E-state index in [1.54, 1.807) is 24.3 Å². The van der Waals surface area contributed by atoms with Crippen molar-refractivity contribution in [3.8, 4) is 0 Å². The minimum Gasteiger partial charge on any atom is -0.387 e. The second-order valence-corrected chi connectivity index (χ2v) is 4.50. The molecule has 1 aromatic carbocycles. The van der Waals surface area contributed by atoms with Gasteiger partial charge in [0.05, 0.1) is 12.0 Å². The lowest BCUT2D eigenvalue weighted by molar-refractivity contribution is -0.123. The van der Waals surface area contributed by atoms with E-state index in [1.165, 1.54) is 0 Å². The van der Waals surface area contributed by atoms with Gasteiger partial charge in [-0.1, -0.05) is 17.7 Å². The third-order valence-electron chi connectivity index (χ3n) is 2.51. The molecule has 0 bridgehead atoms. The molecule has 0 saturated carbocycles. The lowest BCUT2D eigenvalue weighted by Gasteiger charge is -2.36. The van der Waals surface area contributed by atoms with Gasteiger partial charge in [0.2, 0.25) is 5.91 Å². The van der Waals surface area contributed by atoms with Gasteiger partial charge < -0.3 is 15.7 Å². The molecule has 5 heteroatoms. The van der Waals surface area contributed by atoms with Crippen molar-refractivity contribution < 1.29 is 9.90 Å². The molecule has 16 heavy (non-hydrogen) atoms. The largest absolute Gasteiger partial charge is 0.387 e. The number of benzene rings is 1. The van der Waals surface area contributed by atoms with Gasteiger partial charge in [0, 0.05) is 23.8 Å². The topological polar surface area (TPSA) is 61.4 Å². The van der Waals surface area contributed by atoms with Crippen LogP contribution in [0.4, 0.5) is 5.69 Å². The van der Waals surface area contributed by atoms with Crippen LogP contribution in [0.25, 0.3) is 0 Å². The van der Waals surface area contributed by atoms with Crippen LogP contribution in [0.15, 0.2) is 24.3 Å². The molecule has 1 aromatic rings. The van der Waals surface area contributed by atoms with E-state index < -0.39 is 5.60 Å². The molecule has 4 nitrogen and oxygen atoms in total. The molecule has 2 rings (SSSR count). The standard InChI is InChI=1S/C11H13ClN2O2/c12-8-2-1-3-9(4-8)14-10(15)5-11(16)6-13-7-11/h1-4,13,16H,5-7H2,(H,14,15). The SMILES string of the molecule is O=C(CC1(O)CNC1)Nc1cccc(Cl)c1. The molecule has 0 aliphatic carbocycles. The van der Waals surface area contributed by atoms with E-state index in [2.05, 4.69) is 10.6 Å². The van der Waals surface area contributed by atoms with E-state index in [4.69, 9.17) is 11.6 Å². The summed E-state index contributed by atoms with van der Waals surface area (Å²) in [6.07, 6.45) is 0.104. The van der Waals surface area contributed by atoms with Crippen molar-refractivity contribution in [1.82, 2.24) is 5.32 Å². The second kappa shape index (κ2) is 4.41. The van der Waals surface area contributed by atoms with Gasteiger partial charge in [-0.15, -0.1) is 0 Å². The number of carbonyl (C=O) groups excluding carboxylic acids is 1. The Kier molecular flexibility index (Phi) is 3.14. The molecular weight excluding hydrogens is 228 g/mol.